The zero-order chi connectivity index (χ0) is 12.3. The van der Waals surface area contributed by atoms with E-state index in [2.05, 4.69) is 23.1 Å². The molecular formula is C15H17N2. The fraction of sp³-hybridized carbons (Fsp3) is 0.200. The van der Waals surface area contributed by atoms with E-state index < -0.39 is 0 Å². The summed E-state index contributed by atoms with van der Waals surface area (Å²) in [7, 11) is 4.09. The van der Waals surface area contributed by atoms with Crippen molar-refractivity contribution >= 4 is 11.4 Å². The Bertz CT molecular complexity index is 504. The predicted molar refractivity (Wildman–Crippen MR) is 73.3 cm³/mol. The normalized spacial score (nSPS) is 10.2. The number of hydrogen-bond donors (Lipinski definition) is 1. The van der Waals surface area contributed by atoms with Gasteiger partial charge >= 0.3 is 0 Å². The molecule has 2 aromatic carbocycles. The highest BCUT2D eigenvalue weighted by molar-refractivity contribution is 5.56. The lowest BCUT2D eigenvalue weighted by Gasteiger charge is -2.17. The molecule has 0 saturated heterocycles. The lowest BCUT2D eigenvalue weighted by atomic mass is 10.0. The number of nitrogen functional groups attached to an aromatic ring is 1. The van der Waals surface area contributed by atoms with E-state index in [-0.39, 0.29) is 0 Å². The topological polar surface area (TPSA) is 29.3 Å². The Labute approximate surface area is 103 Å². The summed E-state index contributed by atoms with van der Waals surface area (Å²) in [6.45, 7) is 0. The maximum atomic E-state index is 5.97. The number of para-hydroxylation sites is 1. The molecule has 0 heterocycles. The number of hydrogen-bond acceptors (Lipinski definition) is 2. The van der Waals surface area contributed by atoms with E-state index >= 15 is 0 Å². The van der Waals surface area contributed by atoms with Crippen LogP contribution in [-0.2, 0) is 6.42 Å². The maximum absolute atomic E-state index is 5.97. The van der Waals surface area contributed by atoms with Crippen LogP contribution in [0.4, 0.5) is 11.4 Å². The minimum atomic E-state index is 0.852. The molecular weight excluding hydrogens is 208 g/mol. The Kier molecular flexibility index (Phi) is 3.33. The van der Waals surface area contributed by atoms with Crippen LogP contribution in [-0.4, -0.2) is 14.1 Å². The summed E-state index contributed by atoms with van der Waals surface area (Å²) < 4.78 is 0. The van der Waals surface area contributed by atoms with Crippen molar-refractivity contribution in [3.63, 3.8) is 0 Å². The van der Waals surface area contributed by atoms with Crippen LogP contribution < -0.4 is 10.6 Å². The first-order valence-electron chi connectivity index (χ1n) is 5.68. The Morgan fingerprint density at radius 1 is 1.12 bits per heavy atom. The Hall–Kier alpha value is -1.96. The second kappa shape index (κ2) is 4.91. The zero-order valence-electron chi connectivity index (χ0n) is 10.3. The van der Waals surface area contributed by atoms with Crippen molar-refractivity contribution in [1.82, 2.24) is 0 Å². The molecule has 0 amide bonds. The smallest absolute Gasteiger partial charge is 0.0403 e. The van der Waals surface area contributed by atoms with Crippen molar-refractivity contribution in [3.05, 3.63) is 59.7 Å². The van der Waals surface area contributed by atoms with Gasteiger partial charge in [-0.3, -0.25) is 0 Å². The van der Waals surface area contributed by atoms with Crippen LogP contribution in [0, 0.1) is 6.07 Å². The number of benzene rings is 2. The molecule has 1 radical (unpaired) electrons. The number of rotatable bonds is 3. The third-order valence-electron chi connectivity index (χ3n) is 2.85. The summed E-state index contributed by atoms with van der Waals surface area (Å²) in [5, 5.41) is 0. The third kappa shape index (κ3) is 2.59. The van der Waals surface area contributed by atoms with Gasteiger partial charge in [-0.15, -0.1) is 0 Å². The molecule has 0 spiro atoms. The minimum Gasteiger partial charge on any atom is -0.398 e. The monoisotopic (exact) mass is 225 g/mol. The van der Waals surface area contributed by atoms with Gasteiger partial charge in [0.2, 0.25) is 0 Å². The van der Waals surface area contributed by atoms with Gasteiger partial charge in [0.15, 0.2) is 0 Å². The summed E-state index contributed by atoms with van der Waals surface area (Å²) in [5.41, 5.74) is 10.5. The summed E-state index contributed by atoms with van der Waals surface area (Å²) in [4.78, 5) is 2.10. The molecule has 0 aliphatic heterocycles. The predicted octanol–water partition coefficient (Wildman–Crippen LogP) is 2.73. The van der Waals surface area contributed by atoms with E-state index in [1.54, 1.807) is 0 Å². The Morgan fingerprint density at radius 2 is 1.88 bits per heavy atom. The summed E-state index contributed by atoms with van der Waals surface area (Å²) in [6.07, 6.45) is 0.856. The lowest BCUT2D eigenvalue weighted by Crippen LogP contribution is -2.11. The van der Waals surface area contributed by atoms with Crippen LogP contribution in [0.25, 0.3) is 0 Å². The van der Waals surface area contributed by atoms with Crippen LogP contribution in [0.1, 0.15) is 11.1 Å². The number of nitrogens with zero attached hydrogens (tertiary/aromatic N) is 1. The van der Waals surface area contributed by atoms with Gasteiger partial charge in [0.25, 0.3) is 0 Å². The summed E-state index contributed by atoms with van der Waals surface area (Å²) in [6, 6.07) is 17.2. The summed E-state index contributed by atoms with van der Waals surface area (Å²) in [5.74, 6) is 0. The van der Waals surface area contributed by atoms with Gasteiger partial charge in [0.05, 0.1) is 0 Å². The molecule has 0 unspecified atom stereocenters. The van der Waals surface area contributed by atoms with E-state index in [0.717, 1.165) is 12.1 Å². The molecule has 0 bridgehead atoms. The first kappa shape index (κ1) is 11.5. The quantitative estimate of drug-likeness (QED) is 0.814. The molecule has 0 atom stereocenters. The minimum absolute atomic E-state index is 0.852. The van der Waals surface area contributed by atoms with Gasteiger partial charge in [0, 0.05) is 31.9 Å². The lowest BCUT2D eigenvalue weighted by molar-refractivity contribution is 1.08. The molecule has 0 aromatic heterocycles. The van der Waals surface area contributed by atoms with E-state index in [1.165, 1.54) is 16.8 Å². The van der Waals surface area contributed by atoms with Gasteiger partial charge in [-0.1, -0.05) is 30.3 Å². The highest BCUT2D eigenvalue weighted by atomic mass is 15.1. The van der Waals surface area contributed by atoms with Crippen LogP contribution in [0.15, 0.2) is 42.5 Å². The molecule has 17 heavy (non-hydrogen) atoms. The van der Waals surface area contributed by atoms with E-state index in [4.69, 9.17) is 5.73 Å². The molecule has 2 rings (SSSR count). The van der Waals surface area contributed by atoms with Crippen molar-refractivity contribution in [3.8, 4) is 0 Å². The van der Waals surface area contributed by atoms with Crippen molar-refractivity contribution < 1.29 is 0 Å². The Balaban J connectivity index is 2.34. The van der Waals surface area contributed by atoms with Gasteiger partial charge in [-0.05, 0) is 29.3 Å². The van der Waals surface area contributed by atoms with Crippen LogP contribution >= 0.6 is 0 Å². The van der Waals surface area contributed by atoms with Crippen molar-refractivity contribution in [2.75, 3.05) is 24.7 Å². The van der Waals surface area contributed by atoms with E-state index in [0.29, 0.717) is 0 Å². The highest BCUT2D eigenvalue weighted by Crippen LogP contribution is 2.23. The number of anilines is 2. The van der Waals surface area contributed by atoms with Gasteiger partial charge < -0.3 is 10.6 Å². The molecule has 0 saturated carbocycles. The van der Waals surface area contributed by atoms with Crippen LogP contribution in [0.5, 0.6) is 0 Å². The third-order valence-corrected chi connectivity index (χ3v) is 2.85. The fourth-order valence-electron chi connectivity index (χ4n) is 1.92. The molecule has 0 aliphatic rings. The van der Waals surface area contributed by atoms with Crippen molar-refractivity contribution in [2.24, 2.45) is 0 Å². The molecule has 87 valence electrons. The zero-order valence-corrected chi connectivity index (χ0v) is 10.3. The average molecular weight is 225 g/mol. The highest BCUT2D eigenvalue weighted by Gasteiger charge is 2.06. The van der Waals surface area contributed by atoms with Gasteiger partial charge in [-0.2, -0.15) is 0 Å². The second-order valence-electron chi connectivity index (χ2n) is 4.32. The first-order valence-corrected chi connectivity index (χ1v) is 5.68. The average Bonchev–Trinajstić information content (AvgIpc) is 2.32. The molecule has 2 N–H and O–H groups in total. The molecule has 2 heteroatoms. The van der Waals surface area contributed by atoms with E-state index in [1.807, 2.05) is 44.4 Å². The number of nitrogens with two attached hydrogens (primary N) is 1. The molecule has 2 aromatic rings. The first-order chi connectivity index (χ1) is 8.18. The van der Waals surface area contributed by atoms with Crippen LogP contribution in [0.3, 0.4) is 0 Å². The largest absolute Gasteiger partial charge is 0.398 e. The maximum Gasteiger partial charge on any atom is 0.0403 e. The SMILES string of the molecule is CN(C)c1c[c]ccc1Cc1ccccc1N. The van der Waals surface area contributed by atoms with E-state index in [9.17, 15) is 0 Å². The summed E-state index contributed by atoms with van der Waals surface area (Å²) >= 11 is 0. The van der Waals surface area contributed by atoms with Gasteiger partial charge in [-0.25, -0.2) is 0 Å². The van der Waals surface area contributed by atoms with Crippen molar-refractivity contribution in [1.29, 1.82) is 0 Å². The molecule has 2 nitrogen and oxygen atoms in total. The fourth-order valence-corrected chi connectivity index (χ4v) is 1.92. The standard InChI is InChI=1S/C15H17N2/c1-17(2)15-10-6-4-8-13(15)11-12-7-3-5-9-14(12)16/h3-5,7-10H,11,16H2,1-2H3. The molecule has 0 fully saturated rings. The Morgan fingerprint density at radius 3 is 2.59 bits per heavy atom. The van der Waals surface area contributed by atoms with Gasteiger partial charge in [0.1, 0.15) is 0 Å². The van der Waals surface area contributed by atoms with Crippen molar-refractivity contribution in [2.45, 2.75) is 6.42 Å². The second-order valence-corrected chi connectivity index (χ2v) is 4.32. The van der Waals surface area contributed by atoms with Crippen LogP contribution in [0.2, 0.25) is 0 Å². The molecule has 0 aliphatic carbocycles.